The van der Waals surface area contributed by atoms with Crippen LogP contribution in [0.1, 0.15) is 27.7 Å². The number of para-hydroxylation sites is 2. The molecule has 38 heavy (non-hydrogen) atoms. The molecule has 0 spiro atoms. The van der Waals surface area contributed by atoms with E-state index in [9.17, 15) is 24.0 Å². The van der Waals surface area contributed by atoms with Crippen molar-refractivity contribution in [1.82, 2.24) is 4.90 Å². The Labute approximate surface area is 219 Å². The van der Waals surface area contributed by atoms with E-state index in [0.29, 0.717) is 18.8 Å². The summed E-state index contributed by atoms with van der Waals surface area (Å²) in [6.45, 7) is 5.90. The summed E-state index contributed by atoms with van der Waals surface area (Å²) < 4.78 is 32.3. The first kappa shape index (κ1) is 28.7. The van der Waals surface area contributed by atoms with Crippen LogP contribution in [0.4, 0.5) is 5.69 Å². The van der Waals surface area contributed by atoms with Gasteiger partial charge in [-0.15, -0.1) is 0 Å². The van der Waals surface area contributed by atoms with Gasteiger partial charge in [-0.1, -0.05) is 12.1 Å². The number of ether oxygens (including phenoxy) is 6. The number of amides is 1. The lowest BCUT2D eigenvalue weighted by atomic mass is 9.96. The fourth-order valence-electron chi connectivity index (χ4n) is 4.47. The molecule has 2 aliphatic heterocycles. The molecule has 2 fully saturated rings. The zero-order valence-electron chi connectivity index (χ0n) is 21.9. The van der Waals surface area contributed by atoms with Crippen molar-refractivity contribution in [3.63, 3.8) is 0 Å². The second kappa shape index (κ2) is 12.6. The molecular formula is C25H32N2O11. The number of hydrogen-bond acceptors (Lipinski definition) is 12. The third kappa shape index (κ3) is 6.91. The van der Waals surface area contributed by atoms with Crippen molar-refractivity contribution in [2.24, 2.45) is 0 Å². The Bertz CT molecular complexity index is 1050. The van der Waals surface area contributed by atoms with E-state index in [-0.39, 0.29) is 13.1 Å². The molecule has 1 aromatic rings. The van der Waals surface area contributed by atoms with E-state index in [0.717, 1.165) is 33.4 Å². The second-order valence-corrected chi connectivity index (χ2v) is 8.74. The molecule has 2 aliphatic rings. The molecule has 3 rings (SSSR count). The highest BCUT2D eigenvalue weighted by Gasteiger charge is 2.56. The van der Waals surface area contributed by atoms with Gasteiger partial charge in [0.1, 0.15) is 5.75 Å². The molecule has 2 heterocycles. The van der Waals surface area contributed by atoms with E-state index in [1.165, 1.54) is 4.90 Å². The van der Waals surface area contributed by atoms with Gasteiger partial charge >= 0.3 is 23.9 Å². The predicted molar refractivity (Wildman–Crippen MR) is 129 cm³/mol. The molecule has 13 nitrogen and oxygen atoms in total. The Balaban J connectivity index is 1.87. The molecule has 0 unspecified atom stereocenters. The van der Waals surface area contributed by atoms with Gasteiger partial charge in [0.15, 0.2) is 18.3 Å². The molecular weight excluding hydrogens is 504 g/mol. The summed E-state index contributed by atoms with van der Waals surface area (Å²) in [5.74, 6) is -3.07. The maximum atomic E-state index is 13.7. The van der Waals surface area contributed by atoms with Crippen molar-refractivity contribution in [3.8, 4) is 5.75 Å². The van der Waals surface area contributed by atoms with Gasteiger partial charge in [0.25, 0.3) is 5.91 Å². The Kier molecular flexibility index (Phi) is 9.50. The topological polar surface area (TPSA) is 147 Å². The summed E-state index contributed by atoms with van der Waals surface area (Å²) in [6.07, 6.45) is -7.57. The summed E-state index contributed by atoms with van der Waals surface area (Å²) in [7, 11) is 1.58. The van der Waals surface area contributed by atoms with Gasteiger partial charge in [-0.05, 0) is 12.1 Å². The minimum atomic E-state index is -1.60. The van der Waals surface area contributed by atoms with Gasteiger partial charge in [0, 0.05) is 53.9 Å². The van der Waals surface area contributed by atoms with Crippen molar-refractivity contribution in [3.05, 3.63) is 24.3 Å². The van der Waals surface area contributed by atoms with Crippen LogP contribution in [0.15, 0.2) is 24.3 Å². The van der Waals surface area contributed by atoms with Gasteiger partial charge in [0.05, 0.1) is 12.8 Å². The molecule has 5 atom stereocenters. The monoisotopic (exact) mass is 536 g/mol. The van der Waals surface area contributed by atoms with Crippen molar-refractivity contribution in [2.45, 2.75) is 58.4 Å². The lowest BCUT2D eigenvalue weighted by Gasteiger charge is -2.45. The van der Waals surface area contributed by atoms with Crippen molar-refractivity contribution in [1.29, 1.82) is 0 Å². The van der Waals surface area contributed by atoms with Crippen LogP contribution < -0.4 is 9.64 Å². The summed E-state index contributed by atoms with van der Waals surface area (Å²) in [4.78, 5) is 64.8. The van der Waals surface area contributed by atoms with Crippen molar-refractivity contribution in [2.75, 3.05) is 38.2 Å². The van der Waals surface area contributed by atoms with E-state index >= 15 is 0 Å². The highest BCUT2D eigenvalue weighted by atomic mass is 16.7. The number of nitrogens with zero attached hydrogens (tertiary/aromatic N) is 2. The minimum Gasteiger partial charge on any atom is -0.495 e. The fraction of sp³-hybridized carbons (Fsp3) is 0.560. The van der Waals surface area contributed by atoms with Crippen molar-refractivity contribution < 1.29 is 52.4 Å². The SMILES string of the molecule is COc1ccccc1N1CCN(C(=O)[C@H]2O[C@@H](OC(C)=O)[C@H](OC(C)=O)[C@@H](OC(C)=O)[C@@H]2OC(C)=O)CC1. The average Bonchev–Trinajstić information content (AvgIpc) is 2.86. The molecule has 208 valence electrons. The Morgan fingerprint density at radius 3 is 1.82 bits per heavy atom. The number of hydrogen-bond donors (Lipinski definition) is 0. The lowest BCUT2D eigenvalue weighted by molar-refractivity contribution is -0.292. The number of piperazine rings is 1. The molecule has 0 N–H and O–H groups in total. The maximum absolute atomic E-state index is 13.7. The number of benzene rings is 1. The van der Waals surface area contributed by atoms with Gasteiger partial charge in [-0.25, -0.2) is 0 Å². The smallest absolute Gasteiger partial charge is 0.305 e. The normalized spacial score (nSPS) is 25.1. The number of anilines is 1. The molecule has 13 heteroatoms. The Morgan fingerprint density at radius 1 is 0.737 bits per heavy atom. The fourth-order valence-corrected chi connectivity index (χ4v) is 4.47. The third-order valence-electron chi connectivity index (χ3n) is 5.94. The van der Waals surface area contributed by atoms with Gasteiger partial charge in [-0.2, -0.15) is 0 Å². The van der Waals surface area contributed by atoms with Gasteiger partial charge < -0.3 is 38.2 Å². The Hall–Kier alpha value is -3.87. The first-order valence-corrected chi connectivity index (χ1v) is 12.0. The third-order valence-corrected chi connectivity index (χ3v) is 5.94. The summed E-state index contributed by atoms with van der Waals surface area (Å²) >= 11 is 0. The van der Waals surface area contributed by atoms with E-state index in [1.54, 1.807) is 7.11 Å². The van der Waals surface area contributed by atoms with E-state index in [1.807, 2.05) is 24.3 Å². The highest BCUT2D eigenvalue weighted by Crippen LogP contribution is 2.32. The van der Waals surface area contributed by atoms with Gasteiger partial charge in [-0.3, -0.25) is 24.0 Å². The molecule has 1 amide bonds. The molecule has 0 aliphatic carbocycles. The number of rotatable bonds is 7. The summed E-state index contributed by atoms with van der Waals surface area (Å²) in [6, 6.07) is 7.51. The molecule has 2 saturated heterocycles. The standard InChI is InChI=1S/C25H32N2O11/c1-14(28)34-20-21(35-15(2)29)23(36-16(3)30)25(37-17(4)31)38-22(20)24(32)27-12-10-26(11-13-27)18-8-6-7-9-19(18)33-5/h6-9,20-23,25H,10-13H2,1-5H3/t20-,21-,22-,23+,25+/m0/s1. The van der Waals surface area contributed by atoms with E-state index in [2.05, 4.69) is 4.90 Å². The van der Waals surface area contributed by atoms with Crippen LogP contribution in [-0.2, 0) is 47.7 Å². The zero-order chi connectivity index (χ0) is 28.0. The molecule has 0 aromatic heterocycles. The number of methoxy groups -OCH3 is 1. The largest absolute Gasteiger partial charge is 0.495 e. The number of esters is 4. The van der Waals surface area contributed by atoms with Crippen LogP contribution in [0.2, 0.25) is 0 Å². The average molecular weight is 537 g/mol. The van der Waals surface area contributed by atoms with Crippen LogP contribution >= 0.6 is 0 Å². The van der Waals surface area contributed by atoms with Crippen LogP contribution in [-0.4, -0.2) is 98.7 Å². The quantitative estimate of drug-likeness (QED) is 0.351. The predicted octanol–water partition coefficient (Wildman–Crippen LogP) is 0.427. The Morgan fingerprint density at radius 2 is 1.26 bits per heavy atom. The molecule has 0 radical (unpaired) electrons. The van der Waals surface area contributed by atoms with E-state index < -0.39 is 60.5 Å². The van der Waals surface area contributed by atoms with Crippen LogP contribution in [0.25, 0.3) is 0 Å². The lowest BCUT2D eigenvalue weighted by Crippen LogP contribution is -2.66. The van der Waals surface area contributed by atoms with Crippen LogP contribution in [0.3, 0.4) is 0 Å². The second-order valence-electron chi connectivity index (χ2n) is 8.74. The maximum Gasteiger partial charge on any atom is 0.305 e. The number of carbonyl (C=O) groups is 5. The first-order valence-electron chi connectivity index (χ1n) is 12.0. The minimum absolute atomic E-state index is 0.285. The van der Waals surface area contributed by atoms with Crippen LogP contribution in [0.5, 0.6) is 5.75 Å². The van der Waals surface area contributed by atoms with E-state index in [4.69, 9.17) is 28.4 Å². The number of carbonyl (C=O) groups excluding carboxylic acids is 5. The summed E-state index contributed by atoms with van der Waals surface area (Å²) in [5.41, 5.74) is 0.878. The first-order chi connectivity index (χ1) is 18.0. The van der Waals surface area contributed by atoms with Crippen molar-refractivity contribution >= 4 is 35.5 Å². The molecule has 0 bridgehead atoms. The highest BCUT2D eigenvalue weighted by molar-refractivity contribution is 5.83. The molecule has 1 aromatic carbocycles. The van der Waals surface area contributed by atoms with Gasteiger partial charge in [0.2, 0.25) is 12.4 Å². The molecule has 0 saturated carbocycles. The van der Waals surface area contributed by atoms with Crippen LogP contribution in [0, 0.1) is 0 Å². The zero-order valence-corrected chi connectivity index (χ0v) is 21.9. The summed E-state index contributed by atoms with van der Waals surface area (Å²) in [5, 5.41) is 0.